The lowest BCUT2D eigenvalue weighted by molar-refractivity contribution is 0.357. The average molecular weight is 268 g/mol. The van der Waals surface area contributed by atoms with Crippen LogP contribution >= 0.6 is 11.6 Å². The molecular weight excluding hydrogens is 246 g/mol. The van der Waals surface area contributed by atoms with Gasteiger partial charge in [0.1, 0.15) is 12.4 Å². The highest BCUT2D eigenvalue weighted by Gasteiger charge is 2.07. The Morgan fingerprint density at radius 1 is 1.39 bits per heavy atom. The van der Waals surface area contributed by atoms with Gasteiger partial charge in [0, 0.05) is 12.1 Å². The number of para-hydroxylation sites is 1. The molecule has 0 radical (unpaired) electrons. The molecule has 0 atom stereocenters. The van der Waals surface area contributed by atoms with E-state index in [9.17, 15) is 0 Å². The number of ether oxygens (including phenoxy) is 1. The van der Waals surface area contributed by atoms with Crippen LogP contribution in [0.4, 0.5) is 0 Å². The molecule has 0 saturated heterocycles. The Balaban J connectivity index is 2.70. The van der Waals surface area contributed by atoms with E-state index in [2.05, 4.69) is 26.1 Å². The third-order valence-electron chi connectivity index (χ3n) is 2.51. The largest absolute Gasteiger partial charge is 0.488 e. The zero-order valence-electron chi connectivity index (χ0n) is 11.4. The lowest BCUT2D eigenvalue weighted by Crippen LogP contribution is -2.14. The molecule has 0 aliphatic heterocycles. The number of rotatable bonds is 7. The van der Waals surface area contributed by atoms with Gasteiger partial charge in [0.2, 0.25) is 0 Å². The van der Waals surface area contributed by atoms with Crippen LogP contribution in [0, 0.1) is 0 Å². The van der Waals surface area contributed by atoms with E-state index in [4.69, 9.17) is 16.3 Å². The number of allylic oxidation sites excluding steroid dienone is 1. The van der Waals surface area contributed by atoms with Gasteiger partial charge in [0.15, 0.2) is 0 Å². The predicted molar refractivity (Wildman–Crippen MR) is 78.4 cm³/mol. The van der Waals surface area contributed by atoms with Crippen molar-refractivity contribution in [3.8, 4) is 5.75 Å². The minimum absolute atomic E-state index is 0.562. The molecule has 0 aliphatic carbocycles. The summed E-state index contributed by atoms with van der Waals surface area (Å²) in [6.07, 6.45) is 3.17. The van der Waals surface area contributed by atoms with Crippen molar-refractivity contribution >= 4 is 11.6 Å². The molecule has 2 nitrogen and oxygen atoms in total. The minimum atomic E-state index is 0.562. The van der Waals surface area contributed by atoms with Gasteiger partial charge in [-0.3, -0.25) is 0 Å². The summed E-state index contributed by atoms with van der Waals surface area (Å²) in [5, 5.41) is 4.04. The normalized spacial score (nSPS) is 10.2. The highest BCUT2D eigenvalue weighted by atomic mass is 35.5. The monoisotopic (exact) mass is 267 g/mol. The van der Waals surface area contributed by atoms with Gasteiger partial charge in [-0.15, -0.1) is 0 Å². The van der Waals surface area contributed by atoms with Crippen molar-refractivity contribution in [3.63, 3.8) is 0 Å². The van der Waals surface area contributed by atoms with Crippen molar-refractivity contribution in [1.82, 2.24) is 5.32 Å². The first kappa shape index (κ1) is 15.1. The van der Waals surface area contributed by atoms with Gasteiger partial charge in [-0.05, 0) is 39.0 Å². The molecule has 18 heavy (non-hydrogen) atoms. The second-order valence-corrected chi connectivity index (χ2v) is 4.90. The Hall–Kier alpha value is -0.990. The second kappa shape index (κ2) is 8.17. The van der Waals surface area contributed by atoms with Crippen molar-refractivity contribution in [1.29, 1.82) is 0 Å². The summed E-state index contributed by atoms with van der Waals surface area (Å²) >= 11 is 6.18. The van der Waals surface area contributed by atoms with E-state index < -0.39 is 0 Å². The van der Waals surface area contributed by atoms with E-state index >= 15 is 0 Å². The van der Waals surface area contributed by atoms with Gasteiger partial charge < -0.3 is 10.1 Å². The van der Waals surface area contributed by atoms with Crippen molar-refractivity contribution in [3.05, 3.63) is 40.4 Å². The molecule has 100 valence electrons. The van der Waals surface area contributed by atoms with Crippen LogP contribution in [0.15, 0.2) is 29.8 Å². The topological polar surface area (TPSA) is 21.3 Å². The summed E-state index contributed by atoms with van der Waals surface area (Å²) in [5.74, 6) is 0.792. The Morgan fingerprint density at radius 3 is 2.83 bits per heavy atom. The maximum Gasteiger partial charge on any atom is 0.142 e. The lowest BCUT2D eigenvalue weighted by Gasteiger charge is -2.12. The standard InChI is InChI=1S/C15H22ClNO/c1-4-9-17-11-13-6-5-7-14(16)15(13)18-10-8-12(2)3/h5-8,17H,4,9-11H2,1-3H3. The first-order valence-corrected chi connectivity index (χ1v) is 6.77. The van der Waals surface area contributed by atoms with Crippen LogP contribution < -0.4 is 10.1 Å². The third kappa shape index (κ3) is 5.11. The van der Waals surface area contributed by atoms with Crippen LogP contribution in [0.25, 0.3) is 0 Å². The van der Waals surface area contributed by atoms with Crippen molar-refractivity contribution < 1.29 is 4.74 Å². The molecule has 3 heteroatoms. The number of benzene rings is 1. The molecule has 1 aromatic rings. The summed E-state index contributed by atoms with van der Waals surface area (Å²) in [7, 11) is 0. The summed E-state index contributed by atoms with van der Waals surface area (Å²) in [4.78, 5) is 0. The maximum atomic E-state index is 6.18. The summed E-state index contributed by atoms with van der Waals surface area (Å²) in [5.41, 5.74) is 2.35. The van der Waals surface area contributed by atoms with Crippen molar-refractivity contribution in [2.45, 2.75) is 33.7 Å². The molecule has 0 heterocycles. The number of hydrogen-bond donors (Lipinski definition) is 1. The summed E-state index contributed by atoms with van der Waals surface area (Å²) in [6, 6.07) is 5.87. The number of halogens is 1. The van der Waals surface area contributed by atoms with E-state index in [0.29, 0.717) is 11.6 Å². The van der Waals surface area contributed by atoms with Crippen LogP contribution in [-0.4, -0.2) is 13.2 Å². The Labute approximate surface area is 115 Å². The van der Waals surface area contributed by atoms with E-state index in [0.717, 1.165) is 30.8 Å². The molecule has 0 aromatic heterocycles. The van der Waals surface area contributed by atoms with Gasteiger partial charge in [-0.1, -0.05) is 36.2 Å². The van der Waals surface area contributed by atoms with Crippen LogP contribution in [0.1, 0.15) is 32.8 Å². The molecule has 0 bridgehead atoms. The van der Waals surface area contributed by atoms with Gasteiger partial charge in [-0.2, -0.15) is 0 Å². The van der Waals surface area contributed by atoms with Gasteiger partial charge in [0.05, 0.1) is 5.02 Å². The maximum absolute atomic E-state index is 6.18. The van der Waals surface area contributed by atoms with Crippen molar-refractivity contribution in [2.75, 3.05) is 13.2 Å². The summed E-state index contributed by atoms with van der Waals surface area (Å²) in [6.45, 7) is 8.61. The first-order chi connectivity index (χ1) is 8.65. The van der Waals surface area contributed by atoms with E-state index in [1.165, 1.54) is 5.57 Å². The lowest BCUT2D eigenvalue weighted by atomic mass is 10.2. The number of nitrogens with one attached hydrogen (secondary N) is 1. The Bertz CT molecular complexity index is 397. The smallest absolute Gasteiger partial charge is 0.142 e. The molecular formula is C15H22ClNO. The quantitative estimate of drug-likeness (QED) is 0.591. The fourth-order valence-corrected chi connectivity index (χ4v) is 1.79. The SMILES string of the molecule is CCCNCc1cccc(Cl)c1OCC=C(C)C. The first-order valence-electron chi connectivity index (χ1n) is 6.39. The molecule has 1 N–H and O–H groups in total. The fourth-order valence-electron chi connectivity index (χ4n) is 1.55. The molecule has 1 rings (SSSR count). The highest BCUT2D eigenvalue weighted by molar-refractivity contribution is 6.32. The Morgan fingerprint density at radius 2 is 2.17 bits per heavy atom. The molecule has 1 aromatic carbocycles. The second-order valence-electron chi connectivity index (χ2n) is 4.50. The molecule has 0 unspecified atom stereocenters. The van der Waals surface area contributed by atoms with Gasteiger partial charge in [-0.25, -0.2) is 0 Å². The van der Waals surface area contributed by atoms with E-state index in [-0.39, 0.29) is 0 Å². The molecule has 0 saturated carbocycles. The van der Waals surface area contributed by atoms with Gasteiger partial charge >= 0.3 is 0 Å². The highest BCUT2D eigenvalue weighted by Crippen LogP contribution is 2.28. The van der Waals surface area contributed by atoms with Crippen LogP contribution in [-0.2, 0) is 6.54 Å². The zero-order chi connectivity index (χ0) is 13.4. The molecule has 0 spiro atoms. The van der Waals surface area contributed by atoms with Gasteiger partial charge in [0.25, 0.3) is 0 Å². The average Bonchev–Trinajstić information content (AvgIpc) is 2.32. The third-order valence-corrected chi connectivity index (χ3v) is 2.81. The van der Waals surface area contributed by atoms with Crippen LogP contribution in [0.3, 0.4) is 0 Å². The van der Waals surface area contributed by atoms with Crippen molar-refractivity contribution in [2.24, 2.45) is 0 Å². The zero-order valence-corrected chi connectivity index (χ0v) is 12.2. The Kier molecular flexibility index (Phi) is 6.84. The van der Waals surface area contributed by atoms with E-state index in [1.807, 2.05) is 24.3 Å². The number of hydrogen-bond acceptors (Lipinski definition) is 2. The molecule has 0 aliphatic rings. The van der Waals surface area contributed by atoms with Crippen LogP contribution in [0.2, 0.25) is 5.02 Å². The van der Waals surface area contributed by atoms with Crippen LogP contribution in [0.5, 0.6) is 5.75 Å². The predicted octanol–water partition coefficient (Wildman–Crippen LogP) is 4.18. The summed E-state index contributed by atoms with van der Waals surface area (Å²) < 4.78 is 5.76. The van der Waals surface area contributed by atoms with E-state index in [1.54, 1.807) is 0 Å². The molecule has 0 fully saturated rings. The fraction of sp³-hybridized carbons (Fsp3) is 0.467. The minimum Gasteiger partial charge on any atom is -0.488 e. The molecule has 0 amide bonds.